The second-order valence-electron chi connectivity index (χ2n) is 19.2. The first-order valence-electron chi connectivity index (χ1n) is 27.7. The fourth-order valence-electron chi connectivity index (χ4n) is 6.94. The molecule has 2 unspecified atom stereocenters. The average Bonchev–Trinajstić information content (AvgIpc) is 3.33. The Bertz CT molecular complexity index is 1610. The summed E-state index contributed by atoms with van der Waals surface area (Å²) in [6.45, 7) is 4.05. The standard InChI is InChI=1S/C61H102NO8P/c1-6-8-10-12-14-16-18-20-21-22-23-24-25-26-27-28-29-30-31-32-33-34-35-36-37-38-39-40-41-42-44-46-48-50-52-54-61(64)70-59(58-69-71(65,66)68-56-55-62(3,4)5)57-67-60(63)53-51-49-47-45-43-19-17-15-13-11-9-7-2/h8,10,14-17,20-21,23-24,26-27,29-30,32-33,35-36,38-39,59H,6-7,9,11-13,18-19,22,25,28,31,34,37,40-58H2,1-5H3/b10-8-,16-14-,17-15-,21-20-,24-23-,27-26-,30-29-,33-32-,36-35-,39-38-. The van der Waals surface area contributed by atoms with Gasteiger partial charge in [-0.05, 0) is 109 Å². The topological polar surface area (TPSA) is 111 Å². The third kappa shape index (κ3) is 55.6. The molecular weight excluding hydrogens is 906 g/mol. The van der Waals surface area contributed by atoms with Crippen molar-refractivity contribution < 1.29 is 42.1 Å². The van der Waals surface area contributed by atoms with E-state index in [0.29, 0.717) is 23.9 Å². The van der Waals surface area contributed by atoms with Gasteiger partial charge in [0.15, 0.2) is 6.10 Å². The van der Waals surface area contributed by atoms with E-state index in [1.165, 1.54) is 32.1 Å². The van der Waals surface area contributed by atoms with Crippen molar-refractivity contribution in [2.24, 2.45) is 0 Å². The summed E-state index contributed by atoms with van der Waals surface area (Å²) in [5.41, 5.74) is 0. The first-order valence-corrected chi connectivity index (χ1v) is 29.2. The van der Waals surface area contributed by atoms with Gasteiger partial charge < -0.3 is 27.9 Å². The molecule has 0 aromatic carbocycles. The molecular formula is C61H102NO8P. The van der Waals surface area contributed by atoms with Crippen molar-refractivity contribution in [3.63, 3.8) is 0 Å². The number of nitrogens with zero attached hydrogens (tertiary/aromatic N) is 1. The van der Waals surface area contributed by atoms with Crippen molar-refractivity contribution in [1.82, 2.24) is 0 Å². The second-order valence-corrected chi connectivity index (χ2v) is 20.6. The van der Waals surface area contributed by atoms with Crippen LogP contribution in [0.5, 0.6) is 0 Å². The van der Waals surface area contributed by atoms with Gasteiger partial charge in [-0.1, -0.05) is 200 Å². The van der Waals surface area contributed by atoms with Gasteiger partial charge in [-0.15, -0.1) is 0 Å². The number of esters is 2. The van der Waals surface area contributed by atoms with Gasteiger partial charge in [-0.2, -0.15) is 0 Å². The number of likely N-dealkylation sites (N-methyl/N-ethyl adjacent to an activating group) is 1. The maximum Gasteiger partial charge on any atom is 0.306 e. The molecule has 0 aromatic heterocycles. The Morgan fingerprint density at radius 3 is 1.21 bits per heavy atom. The minimum absolute atomic E-state index is 0.0406. The van der Waals surface area contributed by atoms with E-state index in [1.807, 2.05) is 21.1 Å². The number of carbonyl (C=O) groups is 2. The Balaban J connectivity index is 4.18. The van der Waals surface area contributed by atoms with E-state index in [4.69, 9.17) is 18.5 Å². The molecule has 10 heteroatoms. The van der Waals surface area contributed by atoms with Crippen molar-refractivity contribution in [2.75, 3.05) is 47.5 Å². The molecule has 0 N–H and O–H groups in total. The van der Waals surface area contributed by atoms with E-state index < -0.39 is 32.5 Å². The lowest BCUT2D eigenvalue weighted by atomic mass is 10.1. The number of quaternary nitrogens is 1. The highest BCUT2D eigenvalue weighted by atomic mass is 31.2. The largest absolute Gasteiger partial charge is 0.756 e. The molecule has 0 fully saturated rings. The zero-order chi connectivity index (χ0) is 52.0. The number of unbranched alkanes of at least 4 members (excludes halogenated alkanes) is 15. The van der Waals surface area contributed by atoms with Gasteiger partial charge in [0.1, 0.15) is 19.8 Å². The van der Waals surface area contributed by atoms with Gasteiger partial charge in [0, 0.05) is 12.8 Å². The third-order valence-corrected chi connectivity index (χ3v) is 12.2. The van der Waals surface area contributed by atoms with Crippen LogP contribution in [0.15, 0.2) is 122 Å². The predicted octanol–water partition coefficient (Wildman–Crippen LogP) is 16.6. The van der Waals surface area contributed by atoms with Crippen molar-refractivity contribution in [2.45, 2.75) is 206 Å². The summed E-state index contributed by atoms with van der Waals surface area (Å²) in [6, 6.07) is 0. The molecule has 0 saturated heterocycles. The Morgan fingerprint density at radius 1 is 0.451 bits per heavy atom. The van der Waals surface area contributed by atoms with Crippen molar-refractivity contribution in [1.29, 1.82) is 0 Å². The number of hydrogen-bond acceptors (Lipinski definition) is 8. The van der Waals surface area contributed by atoms with Crippen LogP contribution >= 0.6 is 7.82 Å². The molecule has 9 nitrogen and oxygen atoms in total. The average molecular weight is 1010 g/mol. The van der Waals surface area contributed by atoms with Crippen LogP contribution in [-0.4, -0.2) is 70.0 Å². The van der Waals surface area contributed by atoms with Crippen LogP contribution in [0.4, 0.5) is 0 Å². The smallest absolute Gasteiger partial charge is 0.306 e. The zero-order valence-electron chi connectivity index (χ0n) is 45.6. The number of allylic oxidation sites excluding steroid dienone is 20. The van der Waals surface area contributed by atoms with E-state index in [-0.39, 0.29) is 26.1 Å². The minimum Gasteiger partial charge on any atom is -0.756 e. The summed E-state index contributed by atoms with van der Waals surface area (Å²) in [6.07, 6.45) is 72.5. The first-order chi connectivity index (χ1) is 34.5. The normalized spacial score (nSPS) is 14.3. The maximum atomic E-state index is 12.8. The SMILES string of the molecule is CC/C=C\C/C=C\C/C=C\C/C=C\C/C=C\C/C=C\C/C=C\C/C=C\C/C=C\CCCCCCCCCC(=O)OC(COC(=O)CCCCCCC/C=C\CCCCC)COP(=O)([O-])OCC[N+](C)(C)C. The predicted molar refractivity (Wildman–Crippen MR) is 300 cm³/mol. The minimum atomic E-state index is -4.64. The number of carbonyl (C=O) groups excluding carboxylic acids is 2. The summed E-state index contributed by atoms with van der Waals surface area (Å²) in [7, 11) is 1.14. The van der Waals surface area contributed by atoms with Crippen LogP contribution in [0.1, 0.15) is 200 Å². The first kappa shape index (κ1) is 67.4. The molecule has 0 heterocycles. The van der Waals surface area contributed by atoms with Crippen LogP contribution in [0.3, 0.4) is 0 Å². The van der Waals surface area contributed by atoms with E-state index in [9.17, 15) is 19.0 Å². The van der Waals surface area contributed by atoms with Crippen LogP contribution in [0.25, 0.3) is 0 Å². The quantitative estimate of drug-likeness (QED) is 0.0195. The monoisotopic (exact) mass is 1010 g/mol. The number of phosphoric ester groups is 1. The van der Waals surface area contributed by atoms with Gasteiger partial charge in [-0.25, -0.2) is 0 Å². The summed E-state index contributed by atoms with van der Waals surface area (Å²) >= 11 is 0. The molecule has 2 atom stereocenters. The molecule has 0 aliphatic rings. The summed E-state index contributed by atoms with van der Waals surface area (Å²) in [5.74, 6) is -0.867. The molecule has 0 bridgehead atoms. The Hall–Kier alpha value is -3.59. The van der Waals surface area contributed by atoms with Crippen LogP contribution in [-0.2, 0) is 32.7 Å². The molecule has 0 aromatic rings. The Kier molecular flexibility index (Phi) is 48.7. The molecule has 0 radical (unpaired) electrons. The fraction of sp³-hybridized carbons (Fsp3) is 0.639. The number of ether oxygens (including phenoxy) is 2. The molecule has 0 aliphatic heterocycles. The zero-order valence-corrected chi connectivity index (χ0v) is 46.5. The Labute approximate surface area is 435 Å². The molecule has 0 aliphatic carbocycles. The second kappa shape index (κ2) is 51.3. The van der Waals surface area contributed by atoms with E-state index in [0.717, 1.165) is 128 Å². The lowest BCUT2D eigenvalue weighted by Crippen LogP contribution is -2.37. The lowest BCUT2D eigenvalue weighted by molar-refractivity contribution is -0.870. The van der Waals surface area contributed by atoms with Crippen LogP contribution in [0, 0.1) is 0 Å². The molecule has 0 saturated carbocycles. The highest BCUT2D eigenvalue weighted by molar-refractivity contribution is 7.45. The number of phosphoric acid groups is 1. The van der Waals surface area contributed by atoms with E-state index in [2.05, 4.69) is 135 Å². The van der Waals surface area contributed by atoms with Gasteiger partial charge >= 0.3 is 11.9 Å². The number of rotatable bonds is 49. The maximum absolute atomic E-state index is 12.8. The van der Waals surface area contributed by atoms with Gasteiger partial charge in [0.25, 0.3) is 7.82 Å². The van der Waals surface area contributed by atoms with E-state index >= 15 is 0 Å². The number of hydrogen-bond donors (Lipinski definition) is 0. The lowest BCUT2D eigenvalue weighted by Gasteiger charge is -2.28. The molecule has 0 spiro atoms. The van der Waals surface area contributed by atoms with Crippen LogP contribution in [0.2, 0.25) is 0 Å². The van der Waals surface area contributed by atoms with Crippen molar-refractivity contribution in [3.8, 4) is 0 Å². The highest BCUT2D eigenvalue weighted by Crippen LogP contribution is 2.38. The van der Waals surface area contributed by atoms with Crippen molar-refractivity contribution in [3.05, 3.63) is 122 Å². The molecule has 0 amide bonds. The highest BCUT2D eigenvalue weighted by Gasteiger charge is 2.21. The van der Waals surface area contributed by atoms with Gasteiger partial charge in [0.2, 0.25) is 0 Å². The van der Waals surface area contributed by atoms with Gasteiger partial charge in [0.05, 0.1) is 27.7 Å². The molecule has 0 rings (SSSR count). The third-order valence-electron chi connectivity index (χ3n) is 11.2. The van der Waals surface area contributed by atoms with Crippen LogP contribution < -0.4 is 4.89 Å². The van der Waals surface area contributed by atoms with Crippen molar-refractivity contribution >= 4 is 19.8 Å². The summed E-state index contributed by atoms with van der Waals surface area (Å²) in [4.78, 5) is 37.7. The molecule has 71 heavy (non-hydrogen) atoms. The van der Waals surface area contributed by atoms with Gasteiger partial charge in [-0.3, -0.25) is 14.2 Å². The Morgan fingerprint density at radius 2 is 0.803 bits per heavy atom. The van der Waals surface area contributed by atoms with E-state index in [1.54, 1.807) is 0 Å². The summed E-state index contributed by atoms with van der Waals surface area (Å²) < 4.78 is 34.0. The molecule has 404 valence electrons. The fourth-order valence-corrected chi connectivity index (χ4v) is 7.66. The summed E-state index contributed by atoms with van der Waals surface area (Å²) in [5, 5.41) is 0.